The second-order valence-corrected chi connectivity index (χ2v) is 4.09. The van der Waals surface area contributed by atoms with E-state index < -0.39 is 11.7 Å². The molecule has 0 aliphatic carbocycles. The number of carbonyl (C=O) groups is 1. The molecule has 0 radical (unpaired) electrons. The molecule has 0 spiro atoms. The standard InChI is InChI=1S/C12H9ClFN3O/c1-7-2-8(14)4-9(3-7)16-12(18)10-5-15-6-11(13)17-10/h2-6H,1H3,(H,16,18). The highest BCUT2D eigenvalue weighted by Crippen LogP contribution is 2.14. The lowest BCUT2D eigenvalue weighted by Gasteiger charge is -2.05. The number of nitrogens with zero attached hydrogens (tertiary/aromatic N) is 2. The fraction of sp³-hybridized carbons (Fsp3) is 0.0833. The monoisotopic (exact) mass is 265 g/mol. The van der Waals surface area contributed by atoms with Crippen molar-refractivity contribution in [2.45, 2.75) is 6.92 Å². The van der Waals surface area contributed by atoms with Crippen molar-refractivity contribution in [3.05, 3.63) is 52.8 Å². The first-order valence-electron chi connectivity index (χ1n) is 5.11. The van der Waals surface area contributed by atoms with E-state index in [2.05, 4.69) is 15.3 Å². The molecule has 1 heterocycles. The van der Waals surface area contributed by atoms with Gasteiger partial charge in [-0.1, -0.05) is 11.6 Å². The molecule has 0 saturated heterocycles. The topological polar surface area (TPSA) is 54.9 Å². The van der Waals surface area contributed by atoms with E-state index in [9.17, 15) is 9.18 Å². The van der Waals surface area contributed by atoms with Crippen LogP contribution in [0.2, 0.25) is 5.15 Å². The van der Waals surface area contributed by atoms with Crippen LogP contribution >= 0.6 is 11.6 Å². The summed E-state index contributed by atoms with van der Waals surface area (Å²) in [4.78, 5) is 19.4. The molecule has 0 aliphatic rings. The predicted octanol–water partition coefficient (Wildman–Crippen LogP) is 2.83. The van der Waals surface area contributed by atoms with Crippen LogP contribution in [-0.4, -0.2) is 15.9 Å². The summed E-state index contributed by atoms with van der Waals surface area (Å²) in [5.74, 6) is -0.905. The van der Waals surface area contributed by atoms with Gasteiger partial charge in [-0.25, -0.2) is 9.37 Å². The molecule has 1 aromatic heterocycles. The van der Waals surface area contributed by atoms with Crippen LogP contribution in [0, 0.1) is 12.7 Å². The number of benzene rings is 1. The number of carbonyl (C=O) groups excluding carboxylic acids is 1. The van der Waals surface area contributed by atoms with Crippen molar-refractivity contribution in [1.29, 1.82) is 0 Å². The van der Waals surface area contributed by atoms with Gasteiger partial charge in [0.1, 0.15) is 16.7 Å². The number of halogens is 2. The van der Waals surface area contributed by atoms with E-state index in [1.165, 1.54) is 24.5 Å². The number of aromatic nitrogens is 2. The Bertz CT molecular complexity index is 583. The third-order valence-electron chi connectivity index (χ3n) is 2.14. The van der Waals surface area contributed by atoms with Crippen molar-refractivity contribution in [1.82, 2.24) is 9.97 Å². The summed E-state index contributed by atoms with van der Waals surface area (Å²) in [6, 6.07) is 4.25. The fourth-order valence-corrected chi connectivity index (χ4v) is 1.60. The Kier molecular flexibility index (Phi) is 3.53. The first-order valence-corrected chi connectivity index (χ1v) is 5.48. The molecule has 0 bridgehead atoms. The number of anilines is 1. The molecular weight excluding hydrogens is 257 g/mol. The predicted molar refractivity (Wildman–Crippen MR) is 66.1 cm³/mol. The van der Waals surface area contributed by atoms with Gasteiger partial charge in [-0.05, 0) is 30.7 Å². The Morgan fingerprint density at radius 1 is 1.33 bits per heavy atom. The van der Waals surface area contributed by atoms with Gasteiger partial charge in [0, 0.05) is 5.69 Å². The van der Waals surface area contributed by atoms with Crippen LogP contribution in [0.3, 0.4) is 0 Å². The van der Waals surface area contributed by atoms with E-state index in [1.807, 2.05) is 0 Å². The lowest BCUT2D eigenvalue weighted by atomic mass is 10.2. The third kappa shape index (κ3) is 3.01. The van der Waals surface area contributed by atoms with Gasteiger partial charge in [0.15, 0.2) is 0 Å². The van der Waals surface area contributed by atoms with Gasteiger partial charge < -0.3 is 5.32 Å². The van der Waals surface area contributed by atoms with Crippen molar-refractivity contribution >= 4 is 23.2 Å². The highest BCUT2D eigenvalue weighted by Gasteiger charge is 2.09. The molecule has 2 aromatic rings. The molecule has 1 N–H and O–H groups in total. The third-order valence-corrected chi connectivity index (χ3v) is 2.32. The molecule has 18 heavy (non-hydrogen) atoms. The van der Waals surface area contributed by atoms with Crippen molar-refractivity contribution in [3.8, 4) is 0 Å². The van der Waals surface area contributed by atoms with Crippen LogP contribution in [0.1, 0.15) is 16.1 Å². The maximum atomic E-state index is 13.1. The minimum Gasteiger partial charge on any atom is -0.320 e. The first-order chi connectivity index (χ1) is 8.54. The van der Waals surface area contributed by atoms with E-state index >= 15 is 0 Å². The number of nitrogens with one attached hydrogen (secondary N) is 1. The maximum absolute atomic E-state index is 13.1. The lowest BCUT2D eigenvalue weighted by Crippen LogP contribution is -2.14. The van der Waals surface area contributed by atoms with E-state index in [-0.39, 0.29) is 10.8 Å². The molecule has 0 atom stereocenters. The molecule has 4 nitrogen and oxygen atoms in total. The molecule has 1 amide bonds. The minimum atomic E-state index is -0.491. The maximum Gasteiger partial charge on any atom is 0.275 e. The number of rotatable bonds is 2. The van der Waals surface area contributed by atoms with Gasteiger partial charge in [-0.2, -0.15) is 0 Å². The Morgan fingerprint density at radius 3 is 2.78 bits per heavy atom. The van der Waals surface area contributed by atoms with Gasteiger partial charge in [-0.3, -0.25) is 9.78 Å². The van der Waals surface area contributed by atoms with Crippen LogP contribution in [0.25, 0.3) is 0 Å². The zero-order valence-electron chi connectivity index (χ0n) is 9.45. The molecule has 1 aromatic carbocycles. The molecule has 0 aliphatic heterocycles. The Morgan fingerprint density at radius 2 is 2.11 bits per heavy atom. The first kappa shape index (κ1) is 12.4. The Balaban J connectivity index is 2.21. The second-order valence-electron chi connectivity index (χ2n) is 3.70. The molecule has 0 fully saturated rings. The summed E-state index contributed by atoms with van der Waals surface area (Å²) in [5.41, 5.74) is 1.14. The molecular formula is C12H9ClFN3O. The van der Waals surface area contributed by atoms with Crippen LogP contribution in [0.15, 0.2) is 30.6 Å². The van der Waals surface area contributed by atoms with E-state index in [4.69, 9.17) is 11.6 Å². The van der Waals surface area contributed by atoms with Gasteiger partial charge in [0.2, 0.25) is 0 Å². The van der Waals surface area contributed by atoms with Gasteiger partial charge in [0.25, 0.3) is 5.91 Å². The zero-order chi connectivity index (χ0) is 13.1. The van der Waals surface area contributed by atoms with E-state index in [0.717, 1.165) is 0 Å². The fourth-order valence-electron chi connectivity index (χ4n) is 1.46. The molecule has 92 valence electrons. The van der Waals surface area contributed by atoms with Crippen LogP contribution in [0.5, 0.6) is 0 Å². The van der Waals surface area contributed by atoms with Gasteiger partial charge in [-0.15, -0.1) is 0 Å². The lowest BCUT2D eigenvalue weighted by molar-refractivity contribution is 0.102. The molecule has 0 unspecified atom stereocenters. The van der Waals surface area contributed by atoms with Gasteiger partial charge >= 0.3 is 0 Å². The van der Waals surface area contributed by atoms with Gasteiger partial charge in [0.05, 0.1) is 12.4 Å². The summed E-state index contributed by atoms with van der Waals surface area (Å²) in [7, 11) is 0. The van der Waals surface area contributed by atoms with Crippen LogP contribution in [0.4, 0.5) is 10.1 Å². The van der Waals surface area contributed by atoms with Crippen molar-refractivity contribution in [2.24, 2.45) is 0 Å². The molecule has 2 rings (SSSR count). The van der Waals surface area contributed by atoms with Crippen LogP contribution in [-0.2, 0) is 0 Å². The summed E-state index contributed by atoms with van der Waals surface area (Å²) < 4.78 is 13.1. The second kappa shape index (κ2) is 5.10. The van der Waals surface area contributed by atoms with Crippen molar-refractivity contribution < 1.29 is 9.18 Å². The van der Waals surface area contributed by atoms with Crippen molar-refractivity contribution in [2.75, 3.05) is 5.32 Å². The zero-order valence-corrected chi connectivity index (χ0v) is 10.2. The highest BCUT2D eigenvalue weighted by molar-refractivity contribution is 6.29. The smallest absolute Gasteiger partial charge is 0.275 e. The Hall–Kier alpha value is -2.01. The number of amides is 1. The quantitative estimate of drug-likeness (QED) is 0.908. The van der Waals surface area contributed by atoms with Crippen LogP contribution < -0.4 is 5.32 Å². The highest BCUT2D eigenvalue weighted by atomic mass is 35.5. The average Bonchev–Trinajstić information content (AvgIpc) is 2.27. The molecule has 6 heteroatoms. The summed E-state index contributed by atoms with van der Waals surface area (Å²) in [6.45, 7) is 1.73. The summed E-state index contributed by atoms with van der Waals surface area (Å²) >= 11 is 5.63. The normalized spacial score (nSPS) is 10.2. The van der Waals surface area contributed by atoms with Crippen molar-refractivity contribution in [3.63, 3.8) is 0 Å². The number of hydrogen-bond acceptors (Lipinski definition) is 3. The Labute approximate surface area is 108 Å². The summed E-state index contributed by atoms with van der Waals surface area (Å²) in [5, 5.41) is 2.65. The summed E-state index contributed by atoms with van der Waals surface area (Å²) in [6.07, 6.45) is 2.61. The average molecular weight is 266 g/mol. The number of hydrogen-bond donors (Lipinski definition) is 1. The number of aryl methyl sites for hydroxylation is 1. The van der Waals surface area contributed by atoms with E-state index in [0.29, 0.717) is 11.3 Å². The SMILES string of the molecule is Cc1cc(F)cc(NC(=O)c2cncc(Cl)n2)c1. The molecule has 0 saturated carbocycles. The minimum absolute atomic E-state index is 0.0735. The largest absolute Gasteiger partial charge is 0.320 e. The van der Waals surface area contributed by atoms with E-state index in [1.54, 1.807) is 13.0 Å².